The summed E-state index contributed by atoms with van der Waals surface area (Å²) in [4.78, 5) is 11.9. The fourth-order valence-corrected chi connectivity index (χ4v) is 2.04. The highest BCUT2D eigenvalue weighted by molar-refractivity contribution is 8.01. The van der Waals surface area contributed by atoms with E-state index in [1.54, 1.807) is 17.8 Å². The highest BCUT2D eigenvalue weighted by Gasteiger charge is 2.32. The predicted molar refractivity (Wildman–Crippen MR) is 55.4 cm³/mol. The second-order valence-corrected chi connectivity index (χ2v) is 4.92. The Hall–Kier alpha value is -0.970. The first kappa shape index (κ1) is 11.1. The number of carboxylic acid groups (broad SMARTS) is 1. The van der Waals surface area contributed by atoms with Crippen molar-refractivity contribution in [2.75, 3.05) is 0 Å². The van der Waals surface area contributed by atoms with E-state index >= 15 is 0 Å². The second-order valence-electron chi connectivity index (χ2n) is 3.34. The number of carbonyl (C=O) groups is 1. The van der Waals surface area contributed by atoms with E-state index in [9.17, 15) is 4.79 Å². The maximum absolute atomic E-state index is 11.0. The lowest BCUT2D eigenvalue weighted by atomic mass is 10.1. The first-order valence-electron chi connectivity index (χ1n) is 4.39. The maximum Gasteiger partial charge on any atom is 0.319 e. The summed E-state index contributed by atoms with van der Waals surface area (Å²) < 4.78 is 0.906. The summed E-state index contributed by atoms with van der Waals surface area (Å²) in [6.07, 6.45) is 4.09. The largest absolute Gasteiger partial charge is 0.480 e. The van der Waals surface area contributed by atoms with Crippen LogP contribution in [0.5, 0.6) is 0 Å². The third-order valence-corrected chi connectivity index (χ3v) is 3.51. The van der Waals surface area contributed by atoms with E-state index in [0.29, 0.717) is 6.42 Å². The summed E-state index contributed by atoms with van der Waals surface area (Å²) in [5, 5.41) is 13.0. The van der Waals surface area contributed by atoms with Crippen LogP contribution in [0.15, 0.2) is 17.3 Å². The standard InChI is InChI=1S/C9H14N2O2S/c1-4-9(2,8(12)13)14-7-5-10-11(3)6-7/h5-6H,4H2,1-3H3,(H,12,13). The van der Waals surface area contributed by atoms with E-state index in [1.165, 1.54) is 11.8 Å². The maximum atomic E-state index is 11.0. The van der Waals surface area contributed by atoms with Crippen molar-refractivity contribution in [3.8, 4) is 0 Å². The number of rotatable bonds is 4. The fraction of sp³-hybridized carbons (Fsp3) is 0.556. The zero-order valence-electron chi connectivity index (χ0n) is 8.52. The Bertz CT molecular complexity index is 337. The van der Waals surface area contributed by atoms with Crippen molar-refractivity contribution in [2.45, 2.75) is 29.9 Å². The van der Waals surface area contributed by atoms with Crippen LogP contribution in [-0.4, -0.2) is 25.6 Å². The predicted octanol–water partition coefficient (Wildman–Crippen LogP) is 1.77. The SMILES string of the molecule is CCC(C)(Sc1cnn(C)c1)C(=O)O. The molecule has 1 aromatic heterocycles. The van der Waals surface area contributed by atoms with Crippen molar-refractivity contribution in [3.05, 3.63) is 12.4 Å². The van der Waals surface area contributed by atoms with Gasteiger partial charge in [-0.1, -0.05) is 6.92 Å². The van der Waals surface area contributed by atoms with Crippen molar-refractivity contribution in [3.63, 3.8) is 0 Å². The molecule has 14 heavy (non-hydrogen) atoms. The molecule has 1 unspecified atom stereocenters. The molecule has 4 nitrogen and oxygen atoms in total. The molecule has 0 saturated heterocycles. The summed E-state index contributed by atoms with van der Waals surface area (Å²) in [5.41, 5.74) is 0. The third kappa shape index (κ3) is 2.29. The first-order valence-corrected chi connectivity index (χ1v) is 5.20. The number of aliphatic carboxylic acids is 1. The monoisotopic (exact) mass is 214 g/mol. The van der Waals surface area contributed by atoms with E-state index in [1.807, 2.05) is 20.2 Å². The van der Waals surface area contributed by atoms with Crippen LogP contribution < -0.4 is 0 Å². The number of nitrogens with zero attached hydrogens (tertiary/aromatic N) is 2. The molecule has 78 valence electrons. The molecule has 0 aliphatic rings. The van der Waals surface area contributed by atoms with Gasteiger partial charge in [0.1, 0.15) is 4.75 Å². The molecule has 0 radical (unpaired) electrons. The van der Waals surface area contributed by atoms with Gasteiger partial charge >= 0.3 is 5.97 Å². The molecular formula is C9H14N2O2S. The molecule has 0 bridgehead atoms. The normalized spacial score (nSPS) is 15.1. The van der Waals surface area contributed by atoms with Crippen LogP contribution in [0.1, 0.15) is 20.3 Å². The number of aryl methyl sites for hydroxylation is 1. The van der Waals surface area contributed by atoms with Crippen molar-refractivity contribution in [1.82, 2.24) is 9.78 Å². The van der Waals surface area contributed by atoms with Crippen LogP contribution in [0.25, 0.3) is 0 Å². The van der Waals surface area contributed by atoms with E-state index in [4.69, 9.17) is 5.11 Å². The van der Waals surface area contributed by atoms with Crippen molar-refractivity contribution < 1.29 is 9.90 Å². The van der Waals surface area contributed by atoms with Crippen molar-refractivity contribution in [1.29, 1.82) is 0 Å². The lowest BCUT2D eigenvalue weighted by molar-refractivity contribution is -0.139. The van der Waals surface area contributed by atoms with E-state index in [0.717, 1.165) is 4.90 Å². The number of carboxylic acids is 1. The Morgan fingerprint density at radius 3 is 2.79 bits per heavy atom. The van der Waals surface area contributed by atoms with Crippen LogP contribution >= 0.6 is 11.8 Å². The molecule has 0 spiro atoms. The molecule has 0 aromatic carbocycles. The lowest BCUT2D eigenvalue weighted by Gasteiger charge is -2.20. The number of hydrogen-bond acceptors (Lipinski definition) is 3. The van der Waals surface area contributed by atoms with Crippen LogP contribution in [0.3, 0.4) is 0 Å². The number of hydrogen-bond donors (Lipinski definition) is 1. The van der Waals surface area contributed by atoms with E-state index < -0.39 is 10.7 Å². The smallest absolute Gasteiger partial charge is 0.319 e. The first-order chi connectivity index (χ1) is 6.48. The van der Waals surface area contributed by atoms with Crippen molar-refractivity contribution >= 4 is 17.7 Å². The van der Waals surface area contributed by atoms with Gasteiger partial charge in [0.2, 0.25) is 0 Å². The van der Waals surface area contributed by atoms with Crippen LogP contribution in [0.2, 0.25) is 0 Å². The Balaban J connectivity index is 2.80. The molecule has 0 aliphatic heterocycles. The minimum absolute atomic E-state index is 0.585. The van der Waals surface area contributed by atoms with Crippen molar-refractivity contribution in [2.24, 2.45) is 7.05 Å². The van der Waals surface area contributed by atoms with Gasteiger partial charge in [0.25, 0.3) is 0 Å². The van der Waals surface area contributed by atoms with Gasteiger partial charge in [-0.25, -0.2) is 0 Å². The summed E-state index contributed by atoms with van der Waals surface area (Å²) in [6.45, 7) is 3.60. The Labute approximate surface area is 87.3 Å². The van der Waals surface area contributed by atoms with Gasteiger partial charge in [0, 0.05) is 18.1 Å². The summed E-state index contributed by atoms with van der Waals surface area (Å²) >= 11 is 1.34. The van der Waals surface area contributed by atoms with Gasteiger partial charge in [-0.15, -0.1) is 11.8 Å². The minimum atomic E-state index is -0.783. The highest BCUT2D eigenvalue weighted by atomic mass is 32.2. The average Bonchev–Trinajstić information content (AvgIpc) is 2.50. The number of aromatic nitrogens is 2. The van der Waals surface area contributed by atoms with E-state index in [-0.39, 0.29) is 0 Å². The summed E-state index contributed by atoms with van der Waals surface area (Å²) in [6, 6.07) is 0. The summed E-state index contributed by atoms with van der Waals surface area (Å²) in [5.74, 6) is -0.783. The van der Waals surface area contributed by atoms with Gasteiger partial charge in [-0.2, -0.15) is 5.10 Å². The Morgan fingerprint density at radius 1 is 1.79 bits per heavy atom. The van der Waals surface area contributed by atoms with Gasteiger partial charge < -0.3 is 5.11 Å². The number of thioether (sulfide) groups is 1. The molecular weight excluding hydrogens is 200 g/mol. The van der Waals surface area contributed by atoms with Crippen LogP contribution in [0, 0.1) is 0 Å². The molecule has 0 aliphatic carbocycles. The Morgan fingerprint density at radius 2 is 2.43 bits per heavy atom. The molecule has 5 heteroatoms. The molecule has 0 amide bonds. The fourth-order valence-electron chi connectivity index (χ4n) is 0.979. The molecule has 1 rings (SSSR count). The molecule has 0 saturated carbocycles. The highest BCUT2D eigenvalue weighted by Crippen LogP contribution is 2.35. The van der Waals surface area contributed by atoms with Gasteiger partial charge in [-0.3, -0.25) is 9.48 Å². The molecule has 0 fully saturated rings. The topological polar surface area (TPSA) is 55.1 Å². The lowest BCUT2D eigenvalue weighted by Crippen LogP contribution is -2.30. The molecule has 1 N–H and O–H groups in total. The molecule has 1 heterocycles. The van der Waals surface area contributed by atoms with Crippen LogP contribution in [0.4, 0.5) is 0 Å². The van der Waals surface area contributed by atoms with Gasteiger partial charge in [-0.05, 0) is 13.3 Å². The quantitative estimate of drug-likeness (QED) is 0.776. The molecule has 1 aromatic rings. The second kappa shape index (κ2) is 4.04. The zero-order valence-corrected chi connectivity index (χ0v) is 9.34. The summed E-state index contributed by atoms with van der Waals surface area (Å²) in [7, 11) is 1.81. The van der Waals surface area contributed by atoms with E-state index in [2.05, 4.69) is 5.10 Å². The van der Waals surface area contributed by atoms with Gasteiger partial charge in [0.15, 0.2) is 0 Å². The third-order valence-electron chi connectivity index (χ3n) is 2.15. The minimum Gasteiger partial charge on any atom is -0.480 e. The zero-order chi connectivity index (χ0) is 10.8. The Kier molecular flexibility index (Phi) is 3.21. The van der Waals surface area contributed by atoms with Crippen LogP contribution in [-0.2, 0) is 11.8 Å². The van der Waals surface area contributed by atoms with Gasteiger partial charge in [0.05, 0.1) is 6.20 Å². The molecule has 1 atom stereocenters. The average molecular weight is 214 g/mol.